The lowest BCUT2D eigenvalue weighted by Gasteiger charge is -2.30. The van der Waals surface area contributed by atoms with Crippen LogP contribution in [0.3, 0.4) is 0 Å². The Kier molecular flexibility index (Phi) is 4.83. The van der Waals surface area contributed by atoms with Gasteiger partial charge in [0.1, 0.15) is 6.04 Å². The molecule has 0 radical (unpaired) electrons. The van der Waals surface area contributed by atoms with E-state index in [9.17, 15) is 14.7 Å². The van der Waals surface area contributed by atoms with E-state index in [0.29, 0.717) is 5.69 Å². The van der Waals surface area contributed by atoms with Gasteiger partial charge in [0.25, 0.3) is 0 Å². The summed E-state index contributed by atoms with van der Waals surface area (Å²) in [5.41, 5.74) is 0.680. The second-order valence-corrected chi connectivity index (χ2v) is 4.50. The van der Waals surface area contributed by atoms with Gasteiger partial charge in [0.2, 0.25) is 5.91 Å². The van der Waals surface area contributed by atoms with Gasteiger partial charge in [-0.3, -0.25) is 9.78 Å². The van der Waals surface area contributed by atoms with Crippen molar-refractivity contribution < 1.29 is 14.7 Å². The first-order valence-corrected chi connectivity index (χ1v) is 5.83. The minimum Gasteiger partial charge on any atom is -0.480 e. The minimum atomic E-state index is -0.990. The van der Waals surface area contributed by atoms with Crippen LogP contribution in [0.2, 0.25) is 0 Å². The number of nitrogens with zero attached hydrogens (tertiary/aromatic N) is 2. The van der Waals surface area contributed by atoms with E-state index < -0.39 is 12.0 Å². The molecule has 0 aliphatic carbocycles. The molecule has 0 spiro atoms. The summed E-state index contributed by atoms with van der Waals surface area (Å²) in [7, 11) is 0. The summed E-state index contributed by atoms with van der Waals surface area (Å²) in [5, 5.41) is 9.23. The van der Waals surface area contributed by atoms with Crippen molar-refractivity contribution >= 4 is 11.9 Å². The smallest absolute Gasteiger partial charge is 0.326 e. The predicted octanol–water partition coefficient (Wildman–Crippen LogP) is 1.54. The van der Waals surface area contributed by atoms with Crippen molar-refractivity contribution in [1.29, 1.82) is 0 Å². The highest BCUT2D eigenvalue weighted by Gasteiger charge is 2.30. The maximum absolute atomic E-state index is 11.6. The van der Waals surface area contributed by atoms with Crippen LogP contribution >= 0.6 is 0 Å². The lowest BCUT2D eigenvalue weighted by Crippen LogP contribution is -2.46. The average Bonchev–Trinajstić information content (AvgIpc) is 2.28. The SMILES string of the molecule is CC(=O)N(Cc1ccccn1)C(C(=O)O)C(C)C. The second kappa shape index (κ2) is 6.14. The number of carbonyl (C=O) groups is 2. The molecule has 1 atom stereocenters. The third-order valence-corrected chi connectivity index (χ3v) is 2.68. The lowest BCUT2D eigenvalue weighted by atomic mass is 10.0. The Labute approximate surface area is 106 Å². The summed E-state index contributed by atoms with van der Waals surface area (Å²) in [4.78, 5) is 28.4. The van der Waals surface area contributed by atoms with Crippen LogP contribution in [0.15, 0.2) is 24.4 Å². The van der Waals surface area contributed by atoms with E-state index in [0.717, 1.165) is 0 Å². The molecular formula is C13H18N2O3. The number of carboxylic acids is 1. The van der Waals surface area contributed by atoms with Crippen molar-refractivity contribution in [2.75, 3.05) is 0 Å². The largest absolute Gasteiger partial charge is 0.480 e. The van der Waals surface area contributed by atoms with Crippen molar-refractivity contribution in [3.8, 4) is 0 Å². The van der Waals surface area contributed by atoms with Crippen LogP contribution in [-0.2, 0) is 16.1 Å². The monoisotopic (exact) mass is 250 g/mol. The van der Waals surface area contributed by atoms with Crippen LogP contribution < -0.4 is 0 Å². The molecule has 98 valence electrons. The van der Waals surface area contributed by atoms with Crippen molar-refractivity contribution in [1.82, 2.24) is 9.88 Å². The Morgan fingerprint density at radius 2 is 2.06 bits per heavy atom. The van der Waals surface area contributed by atoms with Gasteiger partial charge in [-0.25, -0.2) is 4.79 Å². The molecule has 1 aromatic rings. The van der Waals surface area contributed by atoms with Gasteiger partial charge in [0.05, 0.1) is 12.2 Å². The number of carboxylic acid groups (broad SMARTS) is 1. The van der Waals surface area contributed by atoms with Crippen molar-refractivity contribution in [3.05, 3.63) is 30.1 Å². The Bertz CT molecular complexity index is 418. The van der Waals surface area contributed by atoms with E-state index in [2.05, 4.69) is 4.98 Å². The molecule has 1 N–H and O–H groups in total. The van der Waals surface area contributed by atoms with E-state index in [-0.39, 0.29) is 18.4 Å². The minimum absolute atomic E-state index is 0.157. The lowest BCUT2D eigenvalue weighted by molar-refractivity contribution is -0.152. The van der Waals surface area contributed by atoms with Crippen molar-refractivity contribution in [2.45, 2.75) is 33.4 Å². The average molecular weight is 250 g/mol. The molecule has 1 aromatic heterocycles. The van der Waals surface area contributed by atoms with Gasteiger partial charge in [-0.1, -0.05) is 19.9 Å². The highest BCUT2D eigenvalue weighted by atomic mass is 16.4. The fraction of sp³-hybridized carbons (Fsp3) is 0.462. The van der Waals surface area contributed by atoms with Crippen LogP contribution in [0.1, 0.15) is 26.5 Å². The normalized spacial score (nSPS) is 12.2. The molecule has 1 heterocycles. The fourth-order valence-electron chi connectivity index (χ4n) is 1.85. The first kappa shape index (κ1) is 14.2. The van der Waals surface area contributed by atoms with E-state index in [4.69, 9.17) is 0 Å². The highest BCUT2D eigenvalue weighted by molar-refractivity contribution is 5.82. The Morgan fingerprint density at radius 1 is 1.39 bits per heavy atom. The predicted molar refractivity (Wildman–Crippen MR) is 66.7 cm³/mol. The summed E-state index contributed by atoms with van der Waals surface area (Å²) < 4.78 is 0. The number of rotatable bonds is 5. The van der Waals surface area contributed by atoms with Gasteiger partial charge in [-0.15, -0.1) is 0 Å². The van der Waals surface area contributed by atoms with Gasteiger partial charge < -0.3 is 10.0 Å². The zero-order valence-electron chi connectivity index (χ0n) is 10.8. The number of pyridine rings is 1. The molecule has 0 saturated heterocycles. The summed E-state index contributed by atoms with van der Waals surface area (Å²) in [6.45, 7) is 5.16. The third kappa shape index (κ3) is 3.55. The van der Waals surface area contributed by atoms with E-state index in [1.54, 1.807) is 32.2 Å². The zero-order chi connectivity index (χ0) is 13.7. The fourth-order valence-corrected chi connectivity index (χ4v) is 1.85. The maximum Gasteiger partial charge on any atom is 0.326 e. The Hall–Kier alpha value is -1.91. The number of aliphatic carboxylic acids is 1. The van der Waals surface area contributed by atoms with E-state index in [1.807, 2.05) is 6.07 Å². The first-order valence-electron chi connectivity index (χ1n) is 5.83. The molecule has 0 aliphatic rings. The topological polar surface area (TPSA) is 70.5 Å². The Morgan fingerprint density at radius 3 is 2.44 bits per heavy atom. The van der Waals surface area contributed by atoms with Gasteiger partial charge in [-0.2, -0.15) is 0 Å². The highest BCUT2D eigenvalue weighted by Crippen LogP contribution is 2.14. The molecule has 0 aromatic carbocycles. The second-order valence-electron chi connectivity index (χ2n) is 4.50. The standard InChI is InChI=1S/C13H18N2O3/c1-9(2)12(13(17)18)15(10(3)16)8-11-6-4-5-7-14-11/h4-7,9,12H,8H2,1-3H3,(H,17,18). The number of amides is 1. The quantitative estimate of drug-likeness (QED) is 0.860. The van der Waals surface area contributed by atoms with Crippen LogP contribution in [0.25, 0.3) is 0 Å². The van der Waals surface area contributed by atoms with Crippen LogP contribution in [0.4, 0.5) is 0 Å². The summed E-state index contributed by atoms with van der Waals surface area (Å²) in [6, 6.07) is 4.53. The molecule has 0 aliphatic heterocycles. The third-order valence-electron chi connectivity index (χ3n) is 2.68. The van der Waals surface area contributed by atoms with Gasteiger partial charge >= 0.3 is 5.97 Å². The molecule has 18 heavy (non-hydrogen) atoms. The van der Waals surface area contributed by atoms with Gasteiger partial charge in [0, 0.05) is 13.1 Å². The molecule has 5 heteroatoms. The van der Waals surface area contributed by atoms with Gasteiger partial charge in [0.15, 0.2) is 0 Å². The molecule has 1 amide bonds. The number of hydrogen-bond donors (Lipinski definition) is 1. The summed E-state index contributed by atoms with van der Waals surface area (Å²) in [6.07, 6.45) is 1.62. The molecule has 0 saturated carbocycles. The van der Waals surface area contributed by atoms with Crippen LogP contribution in [0, 0.1) is 5.92 Å². The molecule has 0 fully saturated rings. The van der Waals surface area contributed by atoms with Crippen LogP contribution in [-0.4, -0.2) is 32.9 Å². The zero-order valence-corrected chi connectivity index (χ0v) is 10.8. The molecular weight excluding hydrogens is 232 g/mol. The number of aromatic nitrogens is 1. The van der Waals surface area contributed by atoms with E-state index in [1.165, 1.54) is 11.8 Å². The molecule has 1 rings (SSSR count). The van der Waals surface area contributed by atoms with Crippen molar-refractivity contribution in [3.63, 3.8) is 0 Å². The number of carbonyl (C=O) groups excluding carboxylic acids is 1. The first-order chi connectivity index (χ1) is 8.43. The molecule has 0 bridgehead atoms. The Balaban J connectivity index is 2.95. The number of hydrogen-bond acceptors (Lipinski definition) is 3. The van der Waals surface area contributed by atoms with Crippen LogP contribution in [0.5, 0.6) is 0 Å². The molecule has 1 unspecified atom stereocenters. The van der Waals surface area contributed by atoms with Gasteiger partial charge in [-0.05, 0) is 18.1 Å². The van der Waals surface area contributed by atoms with Crippen molar-refractivity contribution in [2.24, 2.45) is 5.92 Å². The summed E-state index contributed by atoms with van der Waals surface area (Å²) in [5.74, 6) is -1.41. The summed E-state index contributed by atoms with van der Waals surface area (Å²) >= 11 is 0. The van der Waals surface area contributed by atoms with E-state index >= 15 is 0 Å². The maximum atomic E-state index is 11.6. The molecule has 5 nitrogen and oxygen atoms in total.